The molecule has 96 valence electrons. The first-order valence-corrected chi connectivity index (χ1v) is 6.64. The van der Waals surface area contributed by atoms with E-state index < -0.39 is 28.8 Å². The highest BCUT2D eigenvalue weighted by molar-refractivity contribution is 7.86. The molecular weight excluding hydrogens is 242 g/mol. The fraction of sp³-hybridized carbons (Fsp3) is 0.600. The van der Waals surface area contributed by atoms with Crippen molar-refractivity contribution in [2.45, 2.75) is 26.7 Å². The second-order valence-electron chi connectivity index (χ2n) is 3.86. The second kappa shape index (κ2) is 5.81. The van der Waals surface area contributed by atoms with Gasteiger partial charge >= 0.3 is 6.03 Å². The van der Waals surface area contributed by atoms with Crippen LogP contribution < -0.4 is 11.1 Å². The lowest BCUT2D eigenvalue weighted by molar-refractivity contribution is -0.120. The van der Waals surface area contributed by atoms with Crippen LogP contribution in [-0.4, -0.2) is 27.0 Å². The summed E-state index contributed by atoms with van der Waals surface area (Å²) in [5.74, 6) is -1.20. The molecule has 2 atom stereocenters. The Morgan fingerprint density at radius 2 is 2.29 bits per heavy atom. The van der Waals surface area contributed by atoms with Crippen LogP contribution in [0.4, 0.5) is 4.79 Å². The van der Waals surface area contributed by atoms with Crippen LogP contribution in [0.3, 0.4) is 0 Å². The zero-order valence-corrected chi connectivity index (χ0v) is 10.8. The highest BCUT2D eigenvalue weighted by atomic mass is 32.2. The summed E-state index contributed by atoms with van der Waals surface area (Å²) in [6, 6.07) is -0.442. The third-order valence-electron chi connectivity index (χ3n) is 2.53. The van der Waals surface area contributed by atoms with Crippen molar-refractivity contribution >= 4 is 22.9 Å². The largest absolute Gasteiger partial charge is 0.369 e. The smallest absolute Gasteiger partial charge is 0.333 e. The Hall–Kier alpha value is -1.37. The molecule has 0 aromatic carbocycles. The lowest BCUT2D eigenvalue weighted by atomic mass is 10.1. The number of nitrogens with one attached hydrogen (secondary N) is 1. The van der Waals surface area contributed by atoms with Gasteiger partial charge in [0.25, 0.3) is 0 Å². The molecule has 0 fully saturated rings. The van der Waals surface area contributed by atoms with E-state index in [1.807, 2.05) is 6.92 Å². The summed E-state index contributed by atoms with van der Waals surface area (Å²) >= 11 is 0. The molecule has 1 rings (SSSR count). The van der Waals surface area contributed by atoms with E-state index >= 15 is 0 Å². The van der Waals surface area contributed by atoms with Crippen LogP contribution in [0.1, 0.15) is 26.7 Å². The molecular formula is C10H17N3O3S. The first-order valence-electron chi connectivity index (χ1n) is 5.47. The minimum atomic E-state index is -1.53. The van der Waals surface area contributed by atoms with E-state index in [0.717, 1.165) is 12.8 Å². The first kappa shape index (κ1) is 13.7. The van der Waals surface area contributed by atoms with Gasteiger partial charge in [-0.05, 0) is 13.3 Å². The van der Waals surface area contributed by atoms with Crippen molar-refractivity contribution in [3.05, 3.63) is 11.1 Å². The molecule has 0 aliphatic carbocycles. The van der Waals surface area contributed by atoms with Gasteiger partial charge in [-0.15, -0.1) is 0 Å². The number of carbonyl (C=O) groups is 2. The summed E-state index contributed by atoms with van der Waals surface area (Å²) in [6.07, 6.45) is 1.70. The van der Waals surface area contributed by atoms with Crippen LogP contribution in [0, 0.1) is 5.92 Å². The minimum Gasteiger partial charge on any atom is -0.369 e. The standard InChI is InChI=1S/C10H17N3O3S/c1-3-4-5-13-10(15)12-8(6-17(13)16)7(2)9(11)14/h6-7H,3-5H2,1-2H3,(H2,11,14)(H,12,15). The zero-order chi connectivity index (χ0) is 13.0. The number of carbonyl (C=O) groups excluding carboxylic acids is 2. The van der Waals surface area contributed by atoms with E-state index in [1.165, 1.54) is 9.71 Å². The van der Waals surface area contributed by atoms with Gasteiger partial charge in [0.05, 0.1) is 5.92 Å². The van der Waals surface area contributed by atoms with Gasteiger partial charge in [-0.25, -0.2) is 13.3 Å². The molecule has 0 bridgehead atoms. The van der Waals surface area contributed by atoms with E-state index in [4.69, 9.17) is 5.73 Å². The van der Waals surface area contributed by atoms with Crippen LogP contribution >= 0.6 is 0 Å². The van der Waals surface area contributed by atoms with Crippen molar-refractivity contribution in [2.75, 3.05) is 6.54 Å². The maximum atomic E-state index is 11.8. The van der Waals surface area contributed by atoms with E-state index in [1.54, 1.807) is 6.92 Å². The molecule has 0 radical (unpaired) electrons. The number of unbranched alkanes of at least 4 members (excludes halogenated alkanes) is 1. The molecule has 0 saturated carbocycles. The second-order valence-corrected chi connectivity index (χ2v) is 5.09. The summed E-state index contributed by atoms with van der Waals surface area (Å²) in [6.45, 7) is 3.98. The Kier molecular flexibility index (Phi) is 4.68. The maximum Gasteiger partial charge on any atom is 0.333 e. The third kappa shape index (κ3) is 3.29. The summed E-state index contributed by atoms with van der Waals surface area (Å²) in [5, 5.41) is 3.91. The summed E-state index contributed by atoms with van der Waals surface area (Å²) in [4.78, 5) is 22.7. The van der Waals surface area contributed by atoms with Crippen LogP contribution in [0.2, 0.25) is 0 Å². The molecule has 3 amide bonds. The van der Waals surface area contributed by atoms with Crippen LogP contribution in [-0.2, 0) is 15.8 Å². The number of primary amides is 1. The van der Waals surface area contributed by atoms with Gasteiger partial charge < -0.3 is 11.1 Å². The summed E-state index contributed by atoms with van der Waals surface area (Å²) in [7, 11) is -1.53. The van der Waals surface area contributed by atoms with E-state index in [9.17, 15) is 13.8 Å². The molecule has 7 heteroatoms. The normalized spacial score (nSPS) is 21.8. The quantitative estimate of drug-likeness (QED) is 0.750. The Labute approximate surface area is 103 Å². The molecule has 1 aliphatic heterocycles. The molecule has 0 saturated heterocycles. The van der Waals surface area contributed by atoms with Crippen LogP contribution in [0.25, 0.3) is 0 Å². The van der Waals surface area contributed by atoms with Crippen molar-refractivity contribution in [1.82, 2.24) is 9.62 Å². The number of amides is 3. The zero-order valence-electron chi connectivity index (χ0n) is 9.93. The van der Waals surface area contributed by atoms with Crippen molar-refractivity contribution in [2.24, 2.45) is 11.7 Å². The number of nitrogens with two attached hydrogens (primary N) is 1. The highest BCUT2D eigenvalue weighted by Gasteiger charge is 2.28. The Bertz CT molecular complexity index is 381. The molecule has 3 N–H and O–H groups in total. The average Bonchev–Trinajstić information content (AvgIpc) is 2.26. The monoisotopic (exact) mass is 259 g/mol. The van der Waals surface area contributed by atoms with Gasteiger partial charge in [-0.3, -0.25) is 4.79 Å². The summed E-state index contributed by atoms with van der Waals surface area (Å²) < 4.78 is 13.0. The van der Waals surface area contributed by atoms with Gasteiger partial charge in [-0.2, -0.15) is 0 Å². The third-order valence-corrected chi connectivity index (χ3v) is 3.77. The highest BCUT2D eigenvalue weighted by Crippen LogP contribution is 2.16. The van der Waals surface area contributed by atoms with E-state index in [-0.39, 0.29) is 0 Å². The van der Waals surface area contributed by atoms with E-state index in [0.29, 0.717) is 12.2 Å². The first-order chi connectivity index (χ1) is 7.97. The molecule has 17 heavy (non-hydrogen) atoms. The predicted molar refractivity (Wildman–Crippen MR) is 64.7 cm³/mol. The van der Waals surface area contributed by atoms with Crippen molar-refractivity contribution in [1.29, 1.82) is 0 Å². The molecule has 0 spiro atoms. The SMILES string of the molecule is CCCCN1C(=O)NC(C(C)C(N)=O)=CS1=O. The molecule has 1 heterocycles. The number of hydrogen-bond donors (Lipinski definition) is 2. The van der Waals surface area contributed by atoms with Crippen LogP contribution in [0.15, 0.2) is 11.1 Å². The van der Waals surface area contributed by atoms with E-state index in [2.05, 4.69) is 5.32 Å². The van der Waals surface area contributed by atoms with Gasteiger partial charge in [0, 0.05) is 17.6 Å². The van der Waals surface area contributed by atoms with Crippen molar-refractivity contribution in [3.8, 4) is 0 Å². The number of urea groups is 1. The number of hydrogen-bond acceptors (Lipinski definition) is 3. The topological polar surface area (TPSA) is 92.5 Å². The lowest BCUT2D eigenvalue weighted by Crippen LogP contribution is -2.46. The van der Waals surface area contributed by atoms with Gasteiger partial charge in [0.15, 0.2) is 11.0 Å². The molecule has 2 unspecified atom stereocenters. The van der Waals surface area contributed by atoms with Crippen LogP contribution in [0.5, 0.6) is 0 Å². The average molecular weight is 259 g/mol. The molecule has 0 aromatic heterocycles. The minimum absolute atomic E-state index is 0.314. The van der Waals surface area contributed by atoms with Crippen molar-refractivity contribution in [3.63, 3.8) is 0 Å². The Morgan fingerprint density at radius 3 is 2.76 bits per heavy atom. The van der Waals surface area contributed by atoms with Gasteiger partial charge in [0.1, 0.15) is 0 Å². The Balaban J connectivity index is 2.80. The fourth-order valence-electron chi connectivity index (χ4n) is 1.33. The molecule has 1 aliphatic rings. The predicted octanol–water partition coefficient (Wildman–Crippen LogP) is 0.438. The molecule has 0 aromatic rings. The van der Waals surface area contributed by atoms with Crippen molar-refractivity contribution < 1.29 is 13.8 Å². The summed E-state index contributed by atoms with van der Waals surface area (Å²) in [5.41, 5.74) is 5.44. The fourth-order valence-corrected chi connectivity index (χ4v) is 2.45. The van der Waals surface area contributed by atoms with Gasteiger partial charge in [0.2, 0.25) is 5.91 Å². The number of rotatable bonds is 5. The Morgan fingerprint density at radius 1 is 1.65 bits per heavy atom. The maximum absolute atomic E-state index is 11.8. The number of nitrogens with zero attached hydrogens (tertiary/aromatic N) is 1. The lowest BCUT2D eigenvalue weighted by Gasteiger charge is -2.27. The molecule has 6 nitrogen and oxygen atoms in total. The van der Waals surface area contributed by atoms with Gasteiger partial charge in [-0.1, -0.05) is 13.3 Å².